The number of nitrogens with one attached hydrogen (secondary N) is 1. The zero-order chi connectivity index (χ0) is 16.1. The van der Waals surface area contributed by atoms with Crippen LogP contribution < -0.4 is 10.1 Å². The van der Waals surface area contributed by atoms with E-state index in [4.69, 9.17) is 9.84 Å². The minimum Gasteiger partial charge on any atom is -0.497 e. The minimum absolute atomic E-state index is 0.00650. The van der Waals surface area contributed by atoms with E-state index in [0.29, 0.717) is 22.2 Å². The number of hydrogen-bond donors (Lipinski definition) is 2. The predicted octanol–water partition coefficient (Wildman–Crippen LogP) is 0.545. The van der Waals surface area contributed by atoms with Crippen LogP contribution in [-0.2, 0) is 16.1 Å². The van der Waals surface area contributed by atoms with Crippen LogP contribution in [0.5, 0.6) is 5.75 Å². The number of nitrogens with zero attached hydrogens (tertiary/aromatic N) is 1. The fourth-order valence-electron chi connectivity index (χ4n) is 2.18. The molecule has 0 radical (unpaired) electrons. The normalized spacial score (nSPS) is 10.5. The number of carbonyl (C=O) groups is 2. The molecule has 1 heterocycles. The Morgan fingerprint density at radius 1 is 1.32 bits per heavy atom. The predicted molar refractivity (Wildman–Crippen MR) is 79.9 cm³/mol. The van der Waals surface area contributed by atoms with E-state index in [-0.39, 0.29) is 25.6 Å². The zero-order valence-corrected chi connectivity index (χ0v) is 12.5. The molecule has 1 aromatic carbocycles. The van der Waals surface area contributed by atoms with E-state index in [2.05, 4.69) is 10.1 Å². The number of hydrogen-bond acceptors (Lipinski definition) is 5. The minimum atomic E-state index is -0.415. The van der Waals surface area contributed by atoms with Crippen molar-refractivity contribution < 1.29 is 24.2 Å². The standard InChI is InChI=1S/C15H18N2O5/c1-21-10-3-4-11-12(15(20)16-5-6-18)8-17(13(11)7-10)9-14(19)22-2/h3-4,7-8,18H,5-6,9H2,1-2H3,(H,16,20). The van der Waals surface area contributed by atoms with Gasteiger partial charge in [-0.3, -0.25) is 9.59 Å². The maximum absolute atomic E-state index is 12.2. The maximum Gasteiger partial charge on any atom is 0.325 e. The first-order valence-electron chi connectivity index (χ1n) is 6.73. The Bertz CT molecular complexity index is 693. The molecule has 0 saturated heterocycles. The van der Waals surface area contributed by atoms with Crippen molar-refractivity contribution in [1.82, 2.24) is 9.88 Å². The van der Waals surface area contributed by atoms with Crippen molar-refractivity contribution in [3.63, 3.8) is 0 Å². The Hall–Kier alpha value is -2.54. The van der Waals surface area contributed by atoms with Gasteiger partial charge in [-0.15, -0.1) is 0 Å². The van der Waals surface area contributed by atoms with Crippen LogP contribution in [0.3, 0.4) is 0 Å². The van der Waals surface area contributed by atoms with E-state index in [1.807, 2.05) is 0 Å². The number of amides is 1. The number of aliphatic hydroxyl groups is 1. The molecule has 1 aromatic heterocycles. The number of esters is 1. The van der Waals surface area contributed by atoms with Gasteiger partial charge in [0.1, 0.15) is 12.3 Å². The van der Waals surface area contributed by atoms with Crippen molar-refractivity contribution >= 4 is 22.8 Å². The molecule has 0 atom stereocenters. The average molecular weight is 306 g/mol. The highest BCUT2D eigenvalue weighted by Crippen LogP contribution is 2.26. The second-order valence-corrected chi connectivity index (χ2v) is 4.61. The summed E-state index contributed by atoms with van der Waals surface area (Å²) >= 11 is 0. The number of benzene rings is 1. The van der Waals surface area contributed by atoms with Crippen LogP contribution in [-0.4, -0.2) is 48.9 Å². The molecule has 0 fully saturated rings. The third-order valence-corrected chi connectivity index (χ3v) is 3.26. The summed E-state index contributed by atoms with van der Waals surface area (Å²) in [6.07, 6.45) is 1.59. The van der Waals surface area contributed by atoms with Crippen LogP contribution in [0.25, 0.3) is 10.9 Å². The first kappa shape index (κ1) is 15.8. The Balaban J connectivity index is 2.48. The molecular weight excluding hydrogens is 288 g/mol. The van der Waals surface area contributed by atoms with Crippen LogP contribution in [0, 0.1) is 0 Å². The van der Waals surface area contributed by atoms with Gasteiger partial charge in [0, 0.05) is 24.2 Å². The van der Waals surface area contributed by atoms with E-state index in [9.17, 15) is 9.59 Å². The van der Waals surface area contributed by atoms with Crippen molar-refractivity contribution in [1.29, 1.82) is 0 Å². The highest BCUT2D eigenvalue weighted by Gasteiger charge is 2.17. The van der Waals surface area contributed by atoms with Gasteiger partial charge in [-0.05, 0) is 12.1 Å². The number of aliphatic hydroxyl groups excluding tert-OH is 1. The lowest BCUT2D eigenvalue weighted by molar-refractivity contribution is -0.141. The molecule has 2 N–H and O–H groups in total. The topological polar surface area (TPSA) is 89.8 Å². The Morgan fingerprint density at radius 2 is 2.09 bits per heavy atom. The summed E-state index contributed by atoms with van der Waals surface area (Å²) in [5.74, 6) is -0.103. The smallest absolute Gasteiger partial charge is 0.325 e. The first-order valence-corrected chi connectivity index (χ1v) is 6.73. The fourth-order valence-corrected chi connectivity index (χ4v) is 2.18. The molecule has 2 rings (SSSR count). The van der Waals surface area contributed by atoms with Crippen LogP contribution in [0.2, 0.25) is 0 Å². The molecule has 0 aliphatic rings. The number of carbonyl (C=O) groups excluding carboxylic acids is 2. The average Bonchev–Trinajstić information content (AvgIpc) is 2.90. The van der Waals surface area contributed by atoms with Gasteiger partial charge in [0.25, 0.3) is 5.91 Å². The maximum atomic E-state index is 12.2. The van der Waals surface area contributed by atoms with E-state index in [1.165, 1.54) is 7.11 Å². The number of aromatic nitrogens is 1. The number of methoxy groups -OCH3 is 2. The SMILES string of the molecule is COC(=O)Cn1cc(C(=O)NCCO)c2ccc(OC)cc21. The first-order chi connectivity index (χ1) is 10.6. The van der Waals surface area contributed by atoms with Gasteiger partial charge in [-0.1, -0.05) is 0 Å². The van der Waals surface area contributed by atoms with Gasteiger partial charge in [0.2, 0.25) is 0 Å². The molecule has 2 aromatic rings. The molecule has 0 spiro atoms. The third kappa shape index (κ3) is 3.20. The van der Waals surface area contributed by atoms with Crippen molar-refractivity contribution in [3.05, 3.63) is 30.0 Å². The van der Waals surface area contributed by atoms with E-state index in [1.54, 1.807) is 36.1 Å². The molecular formula is C15H18N2O5. The Morgan fingerprint density at radius 3 is 2.73 bits per heavy atom. The number of ether oxygens (including phenoxy) is 2. The van der Waals surface area contributed by atoms with Crippen LogP contribution in [0.15, 0.2) is 24.4 Å². The van der Waals surface area contributed by atoms with Crippen molar-refractivity contribution in [2.75, 3.05) is 27.4 Å². The Labute approximate surface area is 127 Å². The number of rotatable bonds is 6. The van der Waals surface area contributed by atoms with Crippen molar-refractivity contribution in [2.24, 2.45) is 0 Å². The fraction of sp³-hybridized carbons (Fsp3) is 0.333. The molecule has 0 aliphatic heterocycles. The molecule has 7 heteroatoms. The number of fused-ring (bicyclic) bond motifs is 1. The molecule has 22 heavy (non-hydrogen) atoms. The van der Waals surface area contributed by atoms with Gasteiger partial charge < -0.3 is 24.5 Å². The quantitative estimate of drug-likeness (QED) is 0.761. The zero-order valence-electron chi connectivity index (χ0n) is 12.5. The second kappa shape index (κ2) is 6.95. The summed E-state index contributed by atoms with van der Waals surface area (Å²) in [6.45, 7) is 0.0203. The summed E-state index contributed by atoms with van der Waals surface area (Å²) in [6, 6.07) is 5.25. The van der Waals surface area contributed by atoms with Crippen LogP contribution >= 0.6 is 0 Å². The molecule has 1 amide bonds. The monoisotopic (exact) mass is 306 g/mol. The molecule has 0 aliphatic carbocycles. The van der Waals surface area contributed by atoms with Gasteiger partial charge in [0.05, 0.1) is 31.9 Å². The molecule has 0 saturated carbocycles. The summed E-state index contributed by atoms with van der Waals surface area (Å²) in [5.41, 5.74) is 1.12. The van der Waals surface area contributed by atoms with Gasteiger partial charge in [-0.25, -0.2) is 0 Å². The van der Waals surface area contributed by atoms with Gasteiger partial charge in [-0.2, -0.15) is 0 Å². The second-order valence-electron chi connectivity index (χ2n) is 4.61. The highest BCUT2D eigenvalue weighted by molar-refractivity contribution is 6.07. The van der Waals surface area contributed by atoms with Crippen LogP contribution in [0.4, 0.5) is 0 Å². The lowest BCUT2D eigenvalue weighted by Gasteiger charge is -2.05. The third-order valence-electron chi connectivity index (χ3n) is 3.26. The van der Waals surface area contributed by atoms with Gasteiger partial charge in [0.15, 0.2) is 0 Å². The van der Waals surface area contributed by atoms with E-state index < -0.39 is 5.97 Å². The molecule has 118 valence electrons. The summed E-state index contributed by atoms with van der Waals surface area (Å²) < 4.78 is 11.5. The summed E-state index contributed by atoms with van der Waals surface area (Å²) in [4.78, 5) is 23.7. The highest BCUT2D eigenvalue weighted by atomic mass is 16.5. The molecule has 0 bridgehead atoms. The molecule has 7 nitrogen and oxygen atoms in total. The molecule has 0 unspecified atom stereocenters. The van der Waals surface area contributed by atoms with Crippen LogP contribution in [0.1, 0.15) is 10.4 Å². The lowest BCUT2D eigenvalue weighted by atomic mass is 10.1. The largest absolute Gasteiger partial charge is 0.497 e. The lowest BCUT2D eigenvalue weighted by Crippen LogP contribution is -2.26. The van der Waals surface area contributed by atoms with Crippen molar-refractivity contribution in [3.8, 4) is 5.75 Å². The van der Waals surface area contributed by atoms with E-state index >= 15 is 0 Å². The summed E-state index contributed by atoms with van der Waals surface area (Å²) in [7, 11) is 2.85. The van der Waals surface area contributed by atoms with E-state index in [0.717, 1.165) is 0 Å². The Kier molecular flexibility index (Phi) is 5.00. The van der Waals surface area contributed by atoms with Crippen molar-refractivity contribution in [2.45, 2.75) is 6.54 Å². The van der Waals surface area contributed by atoms with Gasteiger partial charge >= 0.3 is 5.97 Å². The summed E-state index contributed by atoms with van der Waals surface area (Å²) in [5, 5.41) is 12.1.